The molecule has 0 radical (unpaired) electrons. The average molecular weight is 349 g/mol. The van der Waals surface area contributed by atoms with Gasteiger partial charge in [-0.2, -0.15) is 0 Å². The Labute approximate surface area is 143 Å². The normalized spacial score (nSPS) is 13.1. The molecular formula is C17H36O5Si. The number of carbonyl (C=O) groups is 1. The van der Waals surface area contributed by atoms with E-state index in [1.807, 2.05) is 27.7 Å². The molecular weight excluding hydrogens is 312 g/mol. The Morgan fingerprint density at radius 3 is 1.78 bits per heavy atom. The van der Waals surface area contributed by atoms with Crippen LogP contribution in [0.1, 0.15) is 79.6 Å². The fourth-order valence-electron chi connectivity index (χ4n) is 2.50. The molecule has 1 atom stereocenters. The van der Waals surface area contributed by atoms with Crippen LogP contribution >= 0.6 is 0 Å². The van der Waals surface area contributed by atoms with Crippen molar-refractivity contribution in [2.75, 3.05) is 19.8 Å². The van der Waals surface area contributed by atoms with Crippen LogP contribution in [0, 0.1) is 0 Å². The molecule has 0 aromatic carbocycles. The minimum Gasteiger partial charge on any atom is -0.458 e. The maximum atomic E-state index is 12.1. The minimum atomic E-state index is -2.99. The summed E-state index contributed by atoms with van der Waals surface area (Å²) in [7, 11) is -2.99. The zero-order valence-corrected chi connectivity index (χ0v) is 16.7. The topological polar surface area (TPSA) is 54.0 Å². The maximum Gasteiger partial charge on any atom is 0.544 e. The van der Waals surface area contributed by atoms with E-state index in [9.17, 15) is 4.79 Å². The van der Waals surface area contributed by atoms with Gasteiger partial charge in [0, 0.05) is 26.2 Å². The molecule has 6 heteroatoms. The fourth-order valence-corrected chi connectivity index (χ4v) is 5.29. The third-order valence-electron chi connectivity index (χ3n) is 3.56. The fraction of sp³-hybridized carbons (Fsp3) is 0.941. The molecule has 0 N–H and O–H groups in total. The summed E-state index contributed by atoms with van der Waals surface area (Å²) in [5.74, 6) is -0.177. The van der Waals surface area contributed by atoms with Gasteiger partial charge in [-0.05, 0) is 33.6 Å². The SMILES string of the molecule is CCCCCCCC(=O)OC(CC)[Si](OCC)(OCC)OCC. The Kier molecular flexibility index (Phi) is 13.7. The summed E-state index contributed by atoms with van der Waals surface area (Å²) in [6, 6.07) is 0. The Hall–Kier alpha value is -0.433. The second kappa shape index (κ2) is 14.0. The van der Waals surface area contributed by atoms with Gasteiger partial charge in [0.2, 0.25) is 0 Å². The van der Waals surface area contributed by atoms with Crippen LogP contribution in [0.5, 0.6) is 0 Å². The van der Waals surface area contributed by atoms with Crippen molar-refractivity contribution in [3.63, 3.8) is 0 Å². The van der Waals surface area contributed by atoms with E-state index in [1.54, 1.807) is 0 Å². The molecule has 0 heterocycles. The van der Waals surface area contributed by atoms with Gasteiger partial charge >= 0.3 is 14.8 Å². The number of rotatable bonds is 15. The van der Waals surface area contributed by atoms with E-state index in [0.717, 1.165) is 12.8 Å². The average Bonchev–Trinajstić information content (AvgIpc) is 2.53. The van der Waals surface area contributed by atoms with Crippen molar-refractivity contribution in [1.29, 1.82) is 0 Å². The molecule has 0 aromatic heterocycles. The van der Waals surface area contributed by atoms with Crippen molar-refractivity contribution in [3.05, 3.63) is 0 Å². The lowest BCUT2D eigenvalue weighted by atomic mass is 10.1. The molecule has 0 aliphatic heterocycles. The van der Waals surface area contributed by atoms with E-state index in [4.69, 9.17) is 18.0 Å². The molecule has 0 amide bonds. The van der Waals surface area contributed by atoms with Gasteiger partial charge in [-0.25, -0.2) is 0 Å². The summed E-state index contributed by atoms with van der Waals surface area (Å²) >= 11 is 0. The van der Waals surface area contributed by atoms with Gasteiger partial charge in [0.1, 0.15) is 0 Å². The molecule has 0 fully saturated rings. The third-order valence-corrected chi connectivity index (χ3v) is 6.95. The number of hydrogen-bond acceptors (Lipinski definition) is 5. The van der Waals surface area contributed by atoms with Gasteiger partial charge in [-0.3, -0.25) is 4.79 Å². The molecule has 0 aliphatic carbocycles. The van der Waals surface area contributed by atoms with Crippen molar-refractivity contribution < 1.29 is 22.8 Å². The molecule has 138 valence electrons. The van der Waals surface area contributed by atoms with Crippen molar-refractivity contribution in [2.45, 2.75) is 85.3 Å². The van der Waals surface area contributed by atoms with E-state index in [1.165, 1.54) is 19.3 Å². The highest BCUT2D eigenvalue weighted by Crippen LogP contribution is 2.21. The molecule has 5 nitrogen and oxygen atoms in total. The first-order valence-corrected chi connectivity index (χ1v) is 11.0. The van der Waals surface area contributed by atoms with Crippen molar-refractivity contribution in [2.24, 2.45) is 0 Å². The lowest BCUT2D eigenvalue weighted by Crippen LogP contribution is -2.58. The molecule has 0 bridgehead atoms. The number of esters is 1. The van der Waals surface area contributed by atoms with E-state index in [-0.39, 0.29) is 5.97 Å². The van der Waals surface area contributed by atoms with E-state index >= 15 is 0 Å². The quantitative estimate of drug-likeness (QED) is 0.251. The van der Waals surface area contributed by atoms with Crippen LogP contribution in [0.25, 0.3) is 0 Å². The van der Waals surface area contributed by atoms with Gasteiger partial charge in [0.05, 0.1) is 0 Å². The van der Waals surface area contributed by atoms with Crippen LogP contribution in [0.3, 0.4) is 0 Å². The molecule has 23 heavy (non-hydrogen) atoms. The van der Waals surface area contributed by atoms with E-state index in [0.29, 0.717) is 32.7 Å². The summed E-state index contributed by atoms with van der Waals surface area (Å²) in [5, 5.41) is 0. The van der Waals surface area contributed by atoms with Crippen molar-refractivity contribution in [3.8, 4) is 0 Å². The van der Waals surface area contributed by atoms with Crippen LogP contribution in [-0.4, -0.2) is 40.3 Å². The molecule has 0 spiro atoms. The Balaban J connectivity index is 4.62. The largest absolute Gasteiger partial charge is 0.544 e. The Morgan fingerprint density at radius 1 is 0.826 bits per heavy atom. The molecule has 0 saturated heterocycles. The summed E-state index contributed by atoms with van der Waals surface area (Å²) < 4.78 is 23.2. The number of unbranched alkanes of at least 4 members (excludes halogenated alkanes) is 4. The Morgan fingerprint density at radius 2 is 1.35 bits per heavy atom. The zero-order chi connectivity index (χ0) is 17.6. The minimum absolute atomic E-state index is 0.177. The highest BCUT2D eigenvalue weighted by atomic mass is 28.4. The Bertz CT molecular complexity index is 282. The third kappa shape index (κ3) is 8.84. The van der Waals surface area contributed by atoms with Crippen molar-refractivity contribution in [1.82, 2.24) is 0 Å². The first-order chi connectivity index (χ1) is 11.1. The summed E-state index contributed by atoms with van der Waals surface area (Å²) in [6.07, 6.45) is 6.64. The molecule has 1 unspecified atom stereocenters. The molecule has 0 saturated carbocycles. The second-order valence-electron chi connectivity index (χ2n) is 5.45. The molecule has 0 aliphatic rings. The van der Waals surface area contributed by atoms with Gasteiger partial charge < -0.3 is 18.0 Å². The monoisotopic (exact) mass is 348 g/mol. The highest BCUT2D eigenvalue weighted by Gasteiger charge is 2.51. The van der Waals surface area contributed by atoms with Crippen LogP contribution in [0.2, 0.25) is 0 Å². The second-order valence-corrected chi connectivity index (χ2v) is 8.17. The van der Waals surface area contributed by atoms with Gasteiger partial charge in [-0.1, -0.05) is 39.5 Å². The summed E-state index contributed by atoms with van der Waals surface area (Å²) in [5.41, 5.74) is -0.425. The first kappa shape index (κ1) is 22.6. The summed E-state index contributed by atoms with van der Waals surface area (Å²) in [6.45, 7) is 11.3. The van der Waals surface area contributed by atoms with E-state index < -0.39 is 14.5 Å². The van der Waals surface area contributed by atoms with Gasteiger partial charge in [0.25, 0.3) is 0 Å². The van der Waals surface area contributed by atoms with Crippen molar-refractivity contribution >= 4 is 14.8 Å². The number of hydrogen-bond donors (Lipinski definition) is 0. The number of carbonyl (C=O) groups excluding carboxylic acids is 1. The smallest absolute Gasteiger partial charge is 0.458 e. The molecule has 0 aromatic rings. The standard InChI is InChI=1S/C17H36O5Si/c1-6-11-12-13-14-15-16(18)22-17(7-2)23(19-8-3,20-9-4)21-10-5/h17H,6-15H2,1-5H3. The lowest BCUT2D eigenvalue weighted by Gasteiger charge is -2.34. The predicted octanol–water partition coefficient (Wildman–Crippen LogP) is 4.26. The van der Waals surface area contributed by atoms with Crippen LogP contribution in [0.15, 0.2) is 0 Å². The van der Waals surface area contributed by atoms with Gasteiger partial charge in [0.15, 0.2) is 5.73 Å². The maximum absolute atomic E-state index is 12.1. The first-order valence-electron chi connectivity index (χ1n) is 9.21. The highest BCUT2D eigenvalue weighted by molar-refractivity contribution is 6.62. The van der Waals surface area contributed by atoms with Crippen LogP contribution < -0.4 is 0 Å². The number of ether oxygens (including phenoxy) is 1. The van der Waals surface area contributed by atoms with Crippen LogP contribution in [-0.2, 0) is 22.8 Å². The predicted molar refractivity (Wildman–Crippen MR) is 94.2 cm³/mol. The zero-order valence-electron chi connectivity index (χ0n) is 15.7. The van der Waals surface area contributed by atoms with Crippen LogP contribution in [0.4, 0.5) is 0 Å². The summed E-state index contributed by atoms with van der Waals surface area (Å²) in [4.78, 5) is 12.1. The van der Waals surface area contributed by atoms with E-state index in [2.05, 4.69) is 6.92 Å². The molecule has 0 rings (SSSR count). The van der Waals surface area contributed by atoms with Gasteiger partial charge in [-0.15, -0.1) is 0 Å². The lowest BCUT2D eigenvalue weighted by molar-refractivity contribution is -0.149.